The van der Waals surface area contributed by atoms with Crippen molar-refractivity contribution < 1.29 is 40.7 Å². The minimum atomic E-state index is -5.03. The number of urea groups is 1. The van der Waals surface area contributed by atoms with Crippen LogP contribution in [0.3, 0.4) is 0 Å². The molecule has 1 fully saturated rings. The van der Waals surface area contributed by atoms with E-state index < -0.39 is 35.2 Å². The van der Waals surface area contributed by atoms with Gasteiger partial charge in [0.15, 0.2) is 0 Å². The van der Waals surface area contributed by atoms with E-state index in [4.69, 9.17) is 4.74 Å². The Balaban J connectivity index is 1.36. The largest absolute Gasteiger partial charge is 0.470 e. The number of pyridine rings is 1. The molecule has 0 saturated carbocycles. The summed E-state index contributed by atoms with van der Waals surface area (Å²) in [6, 6.07) is 3.40. The van der Waals surface area contributed by atoms with Gasteiger partial charge in [0.05, 0.1) is 22.9 Å². The molecule has 0 aliphatic carbocycles. The summed E-state index contributed by atoms with van der Waals surface area (Å²) >= 11 is 0.909. The molecule has 3 heterocycles. The lowest BCUT2D eigenvalue weighted by atomic mass is 10.1. The van der Waals surface area contributed by atoms with E-state index in [1.165, 1.54) is 18.0 Å². The van der Waals surface area contributed by atoms with Crippen LogP contribution >= 0.6 is 11.7 Å². The molecule has 1 aliphatic rings. The van der Waals surface area contributed by atoms with Gasteiger partial charge in [-0.15, -0.1) is 4.37 Å². The molecule has 1 aromatic carbocycles. The quantitative estimate of drug-likeness (QED) is 0.395. The fourth-order valence-electron chi connectivity index (χ4n) is 3.78. The van der Waals surface area contributed by atoms with Gasteiger partial charge in [-0.25, -0.2) is 9.78 Å². The van der Waals surface area contributed by atoms with Crippen molar-refractivity contribution >= 4 is 41.0 Å². The summed E-state index contributed by atoms with van der Waals surface area (Å²) in [5, 5.41) is 4.71. The zero-order valence-corrected chi connectivity index (χ0v) is 21.5. The predicted octanol–water partition coefficient (Wildman–Crippen LogP) is 4.86. The van der Waals surface area contributed by atoms with Gasteiger partial charge in [-0.1, -0.05) is 0 Å². The van der Waals surface area contributed by atoms with Crippen molar-refractivity contribution in [1.29, 1.82) is 0 Å². The van der Waals surface area contributed by atoms with Gasteiger partial charge in [0, 0.05) is 45.0 Å². The molecule has 40 heavy (non-hydrogen) atoms. The Morgan fingerprint density at radius 3 is 2.20 bits per heavy atom. The van der Waals surface area contributed by atoms with E-state index in [9.17, 15) is 35.9 Å². The van der Waals surface area contributed by atoms with Crippen LogP contribution in [0.15, 0.2) is 36.5 Å². The van der Waals surface area contributed by atoms with E-state index in [1.807, 2.05) is 0 Å². The van der Waals surface area contributed by atoms with Gasteiger partial charge in [-0.3, -0.25) is 4.79 Å². The molecule has 0 bridgehead atoms. The Morgan fingerprint density at radius 1 is 0.950 bits per heavy atom. The Morgan fingerprint density at radius 2 is 1.60 bits per heavy atom. The number of benzene rings is 1. The summed E-state index contributed by atoms with van der Waals surface area (Å²) < 4.78 is 92.9. The zero-order chi connectivity index (χ0) is 29.1. The monoisotopic (exact) mass is 589 g/mol. The van der Waals surface area contributed by atoms with Crippen LogP contribution in [0, 0.1) is 0 Å². The molecule has 214 valence electrons. The summed E-state index contributed by atoms with van der Waals surface area (Å²) in [5.41, 5.74) is -2.96. The molecule has 2 N–H and O–H groups in total. The van der Waals surface area contributed by atoms with Crippen molar-refractivity contribution in [2.24, 2.45) is 0 Å². The summed E-state index contributed by atoms with van der Waals surface area (Å²) in [6.07, 6.45) is -8.55. The number of piperazine rings is 1. The van der Waals surface area contributed by atoms with E-state index in [0.717, 1.165) is 11.7 Å². The molecular weight excluding hydrogens is 568 g/mol. The number of hydrogen-bond donors (Lipinski definition) is 2. The maximum Gasteiger partial charge on any atom is 0.416 e. The van der Waals surface area contributed by atoms with Crippen LogP contribution in [0.5, 0.6) is 5.88 Å². The van der Waals surface area contributed by atoms with Gasteiger partial charge in [0.1, 0.15) is 12.4 Å². The molecule has 3 aromatic rings. The standard InChI is InChI=1S/C23H21F6N7O3S/c1-13(37)31-18-8-14(2-3-30-18)12-39-20-19(33-40-34-20)35-4-6-36(7-5-35)21(38)32-17-10-15(22(24,25)26)9-16(11-17)23(27,28)29/h2-3,8-11H,4-7,12H2,1H3,(H,32,38)(H,30,31,37). The highest BCUT2D eigenvalue weighted by Crippen LogP contribution is 2.37. The summed E-state index contributed by atoms with van der Waals surface area (Å²) in [6.45, 7) is 2.20. The minimum absolute atomic E-state index is 0.00735. The van der Waals surface area contributed by atoms with Crippen molar-refractivity contribution in [1.82, 2.24) is 18.6 Å². The number of carbonyl (C=O) groups is 2. The number of anilines is 3. The lowest BCUT2D eigenvalue weighted by molar-refractivity contribution is -0.143. The maximum atomic E-state index is 13.1. The molecule has 0 spiro atoms. The lowest BCUT2D eigenvalue weighted by Crippen LogP contribution is -2.50. The van der Waals surface area contributed by atoms with Gasteiger partial charge in [0.25, 0.3) is 5.88 Å². The third kappa shape index (κ3) is 7.28. The number of nitrogens with one attached hydrogen (secondary N) is 2. The normalized spacial score (nSPS) is 14.2. The number of halogens is 6. The average molecular weight is 590 g/mol. The number of rotatable bonds is 6. The van der Waals surface area contributed by atoms with Crippen LogP contribution in [0.2, 0.25) is 0 Å². The average Bonchev–Trinajstić information content (AvgIpc) is 3.35. The Bertz CT molecular complexity index is 1340. The van der Waals surface area contributed by atoms with Crippen LogP contribution in [0.1, 0.15) is 23.6 Å². The zero-order valence-electron chi connectivity index (χ0n) is 20.6. The van der Waals surface area contributed by atoms with Crippen molar-refractivity contribution in [3.8, 4) is 5.88 Å². The fraction of sp³-hybridized carbons (Fsp3) is 0.348. The molecule has 0 atom stereocenters. The minimum Gasteiger partial charge on any atom is -0.470 e. The fourth-order valence-corrected chi connectivity index (χ4v) is 4.30. The number of aromatic nitrogens is 3. The van der Waals surface area contributed by atoms with Gasteiger partial charge in [0.2, 0.25) is 11.7 Å². The lowest BCUT2D eigenvalue weighted by Gasteiger charge is -2.34. The molecule has 10 nitrogen and oxygen atoms in total. The van der Waals surface area contributed by atoms with Gasteiger partial charge in [-0.2, -0.15) is 30.7 Å². The first-order valence-corrected chi connectivity index (χ1v) is 12.3. The highest BCUT2D eigenvalue weighted by molar-refractivity contribution is 6.99. The maximum absolute atomic E-state index is 13.1. The number of carbonyl (C=O) groups excluding carboxylic acids is 2. The predicted molar refractivity (Wildman–Crippen MR) is 132 cm³/mol. The van der Waals surface area contributed by atoms with E-state index in [0.29, 0.717) is 29.3 Å². The second kappa shape index (κ2) is 11.5. The van der Waals surface area contributed by atoms with E-state index >= 15 is 0 Å². The van der Waals surface area contributed by atoms with Crippen molar-refractivity contribution in [3.63, 3.8) is 0 Å². The van der Waals surface area contributed by atoms with Crippen LogP contribution in [-0.4, -0.2) is 56.7 Å². The SMILES string of the molecule is CC(=O)Nc1cc(COc2nsnc2N2CCN(C(=O)Nc3cc(C(F)(F)F)cc(C(F)(F)F)c3)CC2)ccn1. The van der Waals surface area contributed by atoms with Gasteiger partial charge >= 0.3 is 18.4 Å². The first kappa shape index (κ1) is 28.8. The van der Waals surface area contributed by atoms with Crippen LogP contribution < -0.4 is 20.3 Å². The molecule has 3 amide bonds. The second-order valence-electron chi connectivity index (χ2n) is 8.61. The summed E-state index contributed by atoms with van der Waals surface area (Å²) in [4.78, 5) is 31.0. The first-order chi connectivity index (χ1) is 18.8. The number of alkyl halides is 6. The molecule has 1 saturated heterocycles. The van der Waals surface area contributed by atoms with E-state index in [2.05, 4.69) is 24.4 Å². The van der Waals surface area contributed by atoms with Crippen molar-refractivity contribution in [2.45, 2.75) is 25.9 Å². The van der Waals surface area contributed by atoms with Crippen LogP contribution in [-0.2, 0) is 23.8 Å². The Hall–Kier alpha value is -4.15. The first-order valence-electron chi connectivity index (χ1n) is 11.6. The molecule has 2 aromatic heterocycles. The third-order valence-electron chi connectivity index (χ3n) is 5.65. The smallest absolute Gasteiger partial charge is 0.416 e. The molecular formula is C23H21F6N7O3S. The number of ether oxygens (including phenoxy) is 1. The number of nitrogens with zero attached hydrogens (tertiary/aromatic N) is 5. The molecule has 4 rings (SSSR count). The van der Waals surface area contributed by atoms with E-state index in [-0.39, 0.29) is 50.6 Å². The molecule has 17 heteroatoms. The highest BCUT2D eigenvalue weighted by atomic mass is 32.1. The third-order valence-corrected chi connectivity index (χ3v) is 6.15. The topological polar surface area (TPSA) is 113 Å². The molecule has 1 aliphatic heterocycles. The number of hydrogen-bond acceptors (Lipinski definition) is 8. The van der Waals surface area contributed by atoms with Gasteiger partial charge < -0.3 is 25.2 Å². The van der Waals surface area contributed by atoms with Gasteiger partial charge in [-0.05, 0) is 35.9 Å². The molecule has 0 unspecified atom stereocenters. The van der Waals surface area contributed by atoms with Crippen LogP contribution in [0.25, 0.3) is 0 Å². The number of amides is 3. The summed E-state index contributed by atoms with van der Waals surface area (Å²) in [5.74, 6) is 0.753. The Kier molecular flexibility index (Phi) is 8.32. The van der Waals surface area contributed by atoms with Crippen LogP contribution in [0.4, 0.5) is 48.5 Å². The molecule has 0 radical (unpaired) electrons. The van der Waals surface area contributed by atoms with E-state index in [1.54, 1.807) is 17.0 Å². The second-order valence-corrected chi connectivity index (χ2v) is 9.14. The van der Waals surface area contributed by atoms with Crippen molar-refractivity contribution in [3.05, 3.63) is 53.2 Å². The highest BCUT2D eigenvalue weighted by Gasteiger charge is 2.37. The van der Waals surface area contributed by atoms with Crippen molar-refractivity contribution in [2.75, 3.05) is 41.7 Å². The Labute approximate surface area is 227 Å². The summed E-state index contributed by atoms with van der Waals surface area (Å²) in [7, 11) is 0.